The second-order valence-corrected chi connectivity index (χ2v) is 9.13. The summed E-state index contributed by atoms with van der Waals surface area (Å²) in [6.45, 7) is 6.43. The monoisotopic (exact) mass is 422 g/mol. The number of piperidine rings is 1. The lowest BCUT2D eigenvalue weighted by Gasteiger charge is -2.33. The Labute approximate surface area is 183 Å². The number of aromatic nitrogens is 2. The lowest BCUT2D eigenvalue weighted by molar-refractivity contribution is -0.132. The van der Waals surface area contributed by atoms with Crippen molar-refractivity contribution >= 4 is 16.8 Å². The molecule has 4 rings (SSSR count). The van der Waals surface area contributed by atoms with Crippen LogP contribution >= 0.6 is 0 Å². The van der Waals surface area contributed by atoms with E-state index >= 15 is 0 Å². The van der Waals surface area contributed by atoms with Crippen molar-refractivity contribution in [3.05, 3.63) is 53.6 Å². The van der Waals surface area contributed by atoms with E-state index in [-0.39, 0.29) is 5.91 Å². The van der Waals surface area contributed by atoms with Gasteiger partial charge in [-0.1, -0.05) is 19.9 Å². The molecule has 1 fully saturated rings. The molecule has 3 heterocycles. The number of nitrogens with zero attached hydrogens (tertiary/aromatic N) is 3. The summed E-state index contributed by atoms with van der Waals surface area (Å²) in [6.07, 6.45) is 3.47. The molecule has 6 heteroatoms. The van der Waals surface area contributed by atoms with Gasteiger partial charge in [0.15, 0.2) is 0 Å². The molecule has 0 spiro atoms. The molecule has 1 aliphatic heterocycles. The van der Waals surface area contributed by atoms with Crippen molar-refractivity contribution in [3.8, 4) is 11.3 Å². The van der Waals surface area contributed by atoms with E-state index in [1.165, 1.54) is 28.8 Å². The van der Waals surface area contributed by atoms with E-state index in [4.69, 9.17) is 0 Å². The average Bonchev–Trinajstić information content (AvgIpc) is 3.12. The maximum Gasteiger partial charge on any atom is 0.236 e. The summed E-state index contributed by atoms with van der Waals surface area (Å²) < 4.78 is 13.8. The molecule has 5 nitrogen and oxygen atoms in total. The molecule has 164 valence electrons. The van der Waals surface area contributed by atoms with Crippen molar-refractivity contribution in [1.82, 2.24) is 19.8 Å². The topological polar surface area (TPSA) is 52.2 Å². The van der Waals surface area contributed by atoms with Gasteiger partial charge in [-0.25, -0.2) is 4.98 Å². The molecule has 1 saturated heterocycles. The third-order valence-corrected chi connectivity index (χ3v) is 6.23. The van der Waals surface area contributed by atoms with Crippen LogP contribution in [0, 0.1) is 5.95 Å². The van der Waals surface area contributed by atoms with Crippen LogP contribution in [0.4, 0.5) is 4.39 Å². The zero-order chi connectivity index (χ0) is 22.1. The minimum Gasteiger partial charge on any atom is -0.354 e. The quantitative estimate of drug-likeness (QED) is 0.603. The minimum absolute atomic E-state index is 0.209. The number of hydrogen-bond acceptors (Lipinski definition) is 3. The number of likely N-dealkylation sites (N-methyl/N-ethyl adjacent to an activating group) is 1. The van der Waals surface area contributed by atoms with Gasteiger partial charge in [-0.3, -0.25) is 4.79 Å². The average molecular weight is 423 g/mol. The standard InChI is InChI=1S/C25H31FN4O/c1-16(2)24-20-13-18(17-8-11-30(12-9-17)23(31)15-29(3)4)5-6-21(20)28-25(24)19-7-10-27-22(26)14-19/h5-7,10,13-14,16-17,28H,8-9,11-12,15H2,1-4H3. The first-order valence-corrected chi connectivity index (χ1v) is 11.0. The maximum atomic E-state index is 13.8. The fourth-order valence-corrected chi connectivity index (χ4v) is 4.70. The maximum absolute atomic E-state index is 13.8. The molecule has 0 radical (unpaired) electrons. The van der Waals surface area contributed by atoms with Crippen molar-refractivity contribution < 1.29 is 9.18 Å². The summed E-state index contributed by atoms with van der Waals surface area (Å²) in [5.41, 5.74) is 5.38. The van der Waals surface area contributed by atoms with Crippen LogP contribution in [-0.2, 0) is 4.79 Å². The van der Waals surface area contributed by atoms with Gasteiger partial charge in [0.2, 0.25) is 11.9 Å². The Morgan fingerprint density at radius 2 is 1.97 bits per heavy atom. The summed E-state index contributed by atoms with van der Waals surface area (Å²) in [5, 5.41) is 1.20. The molecule has 0 unspecified atom stereocenters. The molecule has 0 bridgehead atoms. The molecular weight excluding hydrogens is 391 g/mol. The number of aromatic amines is 1. The van der Waals surface area contributed by atoms with Gasteiger partial charge in [0.25, 0.3) is 0 Å². The zero-order valence-corrected chi connectivity index (χ0v) is 18.8. The third-order valence-electron chi connectivity index (χ3n) is 6.23. The minimum atomic E-state index is -0.470. The Balaban J connectivity index is 1.61. The number of benzene rings is 1. The first-order valence-electron chi connectivity index (χ1n) is 11.0. The van der Waals surface area contributed by atoms with Crippen LogP contribution in [0.5, 0.6) is 0 Å². The van der Waals surface area contributed by atoms with Crippen molar-refractivity contribution in [2.45, 2.75) is 38.5 Å². The largest absolute Gasteiger partial charge is 0.354 e. The van der Waals surface area contributed by atoms with Gasteiger partial charge in [0, 0.05) is 41.8 Å². The zero-order valence-electron chi connectivity index (χ0n) is 18.8. The Kier molecular flexibility index (Phi) is 6.10. The smallest absolute Gasteiger partial charge is 0.236 e. The van der Waals surface area contributed by atoms with Gasteiger partial charge in [-0.2, -0.15) is 4.39 Å². The van der Waals surface area contributed by atoms with Gasteiger partial charge in [0.1, 0.15) is 0 Å². The predicted molar refractivity (Wildman–Crippen MR) is 123 cm³/mol. The third kappa shape index (κ3) is 4.49. The molecule has 3 aromatic rings. The number of H-pyrrole nitrogens is 1. The van der Waals surface area contributed by atoms with Crippen molar-refractivity contribution in [1.29, 1.82) is 0 Å². The lowest BCUT2D eigenvalue weighted by atomic mass is 9.87. The van der Waals surface area contributed by atoms with Crippen molar-refractivity contribution in [2.75, 3.05) is 33.7 Å². The van der Waals surface area contributed by atoms with Crippen LogP contribution in [0.15, 0.2) is 36.5 Å². The number of carbonyl (C=O) groups excluding carboxylic acids is 1. The highest BCUT2D eigenvalue weighted by Crippen LogP contribution is 2.38. The van der Waals surface area contributed by atoms with Gasteiger partial charge in [-0.15, -0.1) is 0 Å². The van der Waals surface area contributed by atoms with Gasteiger partial charge < -0.3 is 14.8 Å². The number of nitrogens with one attached hydrogen (secondary N) is 1. The number of fused-ring (bicyclic) bond motifs is 1. The second kappa shape index (κ2) is 8.79. The fourth-order valence-electron chi connectivity index (χ4n) is 4.70. The van der Waals surface area contributed by atoms with E-state index in [0.717, 1.165) is 42.7 Å². The normalized spacial score (nSPS) is 15.4. The highest BCUT2D eigenvalue weighted by molar-refractivity contribution is 5.92. The van der Waals surface area contributed by atoms with E-state index in [9.17, 15) is 9.18 Å². The molecule has 0 atom stereocenters. The van der Waals surface area contributed by atoms with Crippen LogP contribution in [0.2, 0.25) is 0 Å². The molecule has 0 aliphatic carbocycles. The molecule has 1 aromatic carbocycles. The van der Waals surface area contributed by atoms with Crippen LogP contribution < -0.4 is 0 Å². The van der Waals surface area contributed by atoms with Crippen LogP contribution in [0.3, 0.4) is 0 Å². The molecule has 0 saturated carbocycles. The second-order valence-electron chi connectivity index (χ2n) is 9.13. The summed E-state index contributed by atoms with van der Waals surface area (Å²) in [7, 11) is 3.86. The molecular formula is C25H31FN4O. The number of amides is 1. The summed E-state index contributed by atoms with van der Waals surface area (Å²) >= 11 is 0. The van der Waals surface area contributed by atoms with E-state index in [1.54, 1.807) is 0 Å². The van der Waals surface area contributed by atoms with Gasteiger partial charge >= 0.3 is 0 Å². The number of carbonyl (C=O) groups is 1. The summed E-state index contributed by atoms with van der Waals surface area (Å²) in [4.78, 5) is 23.5. The molecule has 31 heavy (non-hydrogen) atoms. The van der Waals surface area contributed by atoms with Crippen molar-refractivity contribution in [2.24, 2.45) is 0 Å². The molecule has 1 aliphatic rings. The highest BCUT2D eigenvalue weighted by Gasteiger charge is 2.25. The number of halogens is 1. The number of hydrogen-bond donors (Lipinski definition) is 1. The number of rotatable bonds is 5. The molecule has 1 amide bonds. The van der Waals surface area contributed by atoms with E-state index < -0.39 is 5.95 Å². The SMILES string of the molecule is CC(C)c1c(-c2ccnc(F)c2)[nH]c2ccc(C3CCN(C(=O)CN(C)C)CC3)cc12. The summed E-state index contributed by atoms with van der Waals surface area (Å²) in [6, 6.07) is 9.96. The van der Waals surface area contributed by atoms with Crippen LogP contribution in [0.25, 0.3) is 22.2 Å². The van der Waals surface area contributed by atoms with Gasteiger partial charge in [0.05, 0.1) is 12.2 Å². The lowest BCUT2D eigenvalue weighted by Crippen LogP contribution is -2.42. The number of pyridine rings is 1. The summed E-state index contributed by atoms with van der Waals surface area (Å²) in [5.74, 6) is 0.480. The Bertz CT molecular complexity index is 1080. The Hall–Kier alpha value is -2.73. The molecule has 2 aromatic heterocycles. The van der Waals surface area contributed by atoms with Crippen LogP contribution in [0.1, 0.15) is 49.7 Å². The Morgan fingerprint density at radius 3 is 2.61 bits per heavy atom. The predicted octanol–water partition coefficient (Wildman–Crippen LogP) is 4.76. The first kappa shape index (κ1) is 21.5. The van der Waals surface area contributed by atoms with Gasteiger partial charge in [-0.05, 0) is 68.1 Å². The van der Waals surface area contributed by atoms with E-state index in [0.29, 0.717) is 18.4 Å². The van der Waals surface area contributed by atoms with Crippen LogP contribution in [-0.4, -0.2) is 59.4 Å². The van der Waals surface area contributed by atoms with E-state index in [2.05, 4.69) is 42.0 Å². The van der Waals surface area contributed by atoms with E-state index in [1.807, 2.05) is 30.0 Å². The number of likely N-dealkylation sites (tertiary alicyclic amines) is 1. The Morgan fingerprint density at radius 1 is 1.23 bits per heavy atom. The highest BCUT2D eigenvalue weighted by atomic mass is 19.1. The van der Waals surface area contributed by atoms with Crippen molar-refractivity contribution in [3.63, 3.8) is 0 Å². The fraction of sp³-hybridized carbons (Fsp3) is 0.440. The molecule has 1 N–H and O–H groups in total. The first-order chi connectivity index (χ1) is 14.8.